The average Bonchev–Trinajstić information content (AvgIpc) is 3.80. The first-order valence-electron chi connectivity index (χ1n) is 23.6. The number of hydrogen-bond donors (Lipinski definition) is 0. The van der Waals surface area contributed by atoms with E-state index in [0.29, 0.717) is 35.5 Å². The van der Waals surface area contributed by atoms with Crippen molar-refractivity contribution in [2.75, 3.05) is 4.90 Å². The van der Waals surface area contributed by atoms with E-state index in [2.05, 4.69) is 144 Å². The number of fused-ring (bicyclic) bond motifs is 5. The minimum absolute atomic E-state index is 0.110. The lowest BCUT2D eigenvalue weighted by molar-refractivity contribution is 0.325. The molecule has 0 saturated carbocycles. The Labute approximate surface area is 363 Å². The van der Waals surface area contributed by atoms with Crippen LogP contribution in [0, 0.1) is 52.3 Å². The van der Waals surface area contributed by atoms with E-state index in [0.717, 1.165) is 94.6 Å². The molecule has 1 aliphatic heterocycles. The molecule has 2 heterocycles. The molecule has 0 spiro atoms. The summed E-state index contributed by atoms with van der Waals surface area (Å²) < 4.78 is 2.61. The molecule has 2 aromatic rings. The van der Waals surface area contributed by atoms with Gasteiger partial charge in [0.25, 0.3) is 0 Å². The van der Waals surface area contributed by atoms with Crippen LogP contribution in [-0.4, -0.2) is 10.1 Å². The maximum Gasteiger partial charge on any atom is 0.0988 e. The molecule has 306 valence electrons. The highest BCUT2D eigenvalue weighted by Crippen LogP contribution is 2.55. The van der Waals surface area contributed by atoms with Gasteiger partial charge in [-0.3, -0.25) is 0 Å². The van der Waals surface area contributed by atoms with Gasteiger partial charge in [-0.1, -0.05) is 72.9 Å². The third-order valence-corrected chi connectivity index (χ3v) is 16.0. The zero-order valence-corrected chi connectivity index (χ0v) is 35.8. The van der Waals surface area contributed by atoms with Gasteiger partial charge in [-0.2, -0.15) is 10.5 Å². The third kappa shape index (κ3) is 6.44. The molecule has 4 nitrogen and oxygen atoms in total. The molecule has 0 saturated heterocycles. The number of rotatable bonds is 6. The fraction of sp³-hybridized carbons (Fsp3) is 0.404. The maximum absolute atomic E-state index is 10.0. The standard InChI is InChI=1S/C57H58N4/c1-57-31-13-12-22-53(57)51-21-9-11-24-56(51)61(57)43-34-41(33-42(35-43)60-54-23-10-8-20-50(54)52-32-39(37-59)27-30-55(52)60)45-15-3-5-17-47(45)49-19-7-6-18-48(49)46-16-4-2-14-44(46)40-28-25-38(36-58)26-29-40/h2,5,10-11,13-14,17-19,23-26,28,31-35,40,44-47,53H,3-4,6-9,12,15-16,20-22,27,29-30H2,1H3/t40?,44?,45?,46?,47?,53-,57?/m1/s1. The van der Waals surface area contributed by atoms with E-state index in [9.17, 15) is 10.5 Å². The summed E-state index contributed by atoms with van der Waals surface area (Å²) in [5, 5.41) is 19.6. The second-order valence-corrected chi connectivity index (χ2v) is 19.3. The molecule has 0 amide bonds. The molecule has 8 aliphatic carbocycles. The van der Waals surface area contributed by atoms with Crippen LogP contribution < -0.4 is 4.90 Å². The summed E-state index contributed by atoms with van der Waals surface area (Å²) >= 11 is 0. The lowest BCUT2D eigenvalue weighted by atomic mass is 9.64. The van der Waals surface area contributed by atoms with Crippen molar-refractivity contribution in [3.63, 3.8) is 0 Å². The van der Waals surface area contributed by atoms with Crippen molar-refractivity contribution in [2.45, 2.75) is 115 Å². The normalized spacial score (nSPS) is 31.0. The first-order valence-corrected chi connectivity index (χ1v) is 23.6. The summed E-state index contributed by atoms with van der Waals surface area (Å²) in [4.78, 5) is 2.75. The summed E-state index contributed by atoms with van der Waals surface area (Å²) in [6, 6.07) is 12.6. The van der Waals surface area contributed by atoms with Gasteiger partial charge in [0.2, 0.25) is 0 Å². The van der Waals surface area contributed by atoms with E-state index < -0.39 is 0 Å². The van der Waals surface area contributed by atoms with Gasteiger partial charge >= 0.3 is 0 Å². The van der Waals surface area contributed by atoms with E-state index in [-0.39, 0.29) is 5.54 Å². The lowest BCUT2D eigenvalue weighted by Gasteiger charge is -2.43. The Morgan fingerprint density at radius 1 is 0.689 bits per heavy atom. The van der Waals surface area contributed by atoms with E-state index >= 15 is 0 Å². The van der Waals surface area contributed by atoms with Crippen LogP contribution in [0.2, 0.25) is 0 Å². The molecule has 6 unspecified atom stereocenters. The van der Waals surface area contributed by atoms with E-state index in [1.54, 1.807) is 16.7 Å². The molecule has 1 aromatic carbocycles. The Balaban J connectivity index is 1.05. The zero-order chi connectivity index (χ0) is 41.1. The second-order valence-electron chi connectivity index (χ2n) is 19.3. The molecule has 0 radical (unpaired) electrons. The number of aromatic nitrogens is 1. The SMILES string of the molecule is CC12C=CCC[C@@H]1C1=C(C=CCC1)N2c1cc(C2CCC=CC2C2=CCCC=C2C2CCC=CC2C2C=CC(C#N)=CC2)cc(-n2c3c(c4c2CCC(C#N)=C4)CCC=C3)c1. The topological polar surface area (TPSA) is 55.8 Å². The molecule has 7 atom stereocenters. The van der Waals surface area contributed by atoms with Crippen molar-refractivity contribution in [3.05, 3.63) is 165 Å². The number of benzene rings is 1. The van der Waals surface area contributed by atoms with Gasteiger partial charge in [0, 0.05) is 57.0 Å². The molecule has 9 aliphatic rings. The summed E-state index contributed by atoms with van der Waals surface area (Å²) in [5.41, 5.74) is 17.2. The largest absolute Gasteiger partial charge is 0.331 e. The van der Waals surface area contributed by atoms with Crippen molar-refractivity contribution in [1.29, 1.82) is 10.5 Å². The monoisotopic (exact) mass is 798 g/mol. The Bertz CT molecular complexity index is 2600. The van der Waals surface area contributed by atoms with Crippen LogP contribution in [0.4, 0.5) is 5.69 Å². The quantitative estimate of drug-likeness (QED) is 0.274. The van der Waals surface area contributed by atoms with Crippen LogP contribution in [0.25, 0.3) is 17.8 Å². The highest BCUT2D eigenvalue weighted by atomic mass is 15.2. The summed E-state index contributed by atoms with van der Waals surface area (Å²) in [5.74, 6) is 2.49. The van der Waals surface area contributed by atoms with E-state index in [4.69, 9.17) is 0 Å². The number of nitrogens with zero attached hydrogens (tertiary/aromatic N) is 4. The maximum atomic E-state index is 10.0. The van der Waals surface area contributed by atoms with Crippen molar-refractivity contribution < 1.29 is 0 Å². The molecule has 4 heteroatoms. The fourth-order valence-corrected chi connectivity index (χ4v) is 13.2. The third-order valence-electron chi connectivity index (χ3n) is 16.0. The Hall–Kier alpha value is -5.58. The number of allylic oxidation sites excluding steroid dienone is 17. The fourth-order valence-electron chi connectivity index (χ4n) is 13.2. The highest BCUT2D eigenvalue weighted by molar-refractivity contribution is 5.75. The Kier molecular flexibility index (Phi) is 9.88. The first-order chi connectivity index (χ1) is 30.0. The Morgan fingerprint density at radius 2 is 1.49 bits per heavy atom. The molecular formula is C57H58N4. The number of anilines is 1. The van der Waals surface area contributed by atoms with Crippen LogP contribution in [0.1, 0.15) is 124 Å². The van der Waals surface area contributed by atoms with Gasteiger partial charge in [0.05, 0.1) is 17.7 Å². The van der Waals surface area contributed by atoms with Crippen LogP contribution in [0.3, 0.4) is 0 Å². The van der Waals surface area contributed by atoms with Crippen LogP contribution in [0.5, 0.6) is 0 Å². The van der Waals surface area contributed by atoms with Crippen LogP contribution in [0.15, 0.2) is 137 Å². The second kappa shape index (κ2) is 15.7. The van der Waals surface area contributed by atoms with Gasteiger partial charge in [-0.05, 0) is 197 Å². The van der Waals surface area contributed by atoms with Crippen molar-refractivity contribution in [3.8, 4) is 17.8 Å². The van der Waals surface area contributed by atoms with Crippen LogP contribution >= 0.6 is 0 Å². The minimum Gasteiger partial charge on any atom is -0.331 e. The highest BCUT2D eigenvalue weighted by Gasteiger charge is 2.49. The van der Waals surface area contributed by atoms with Crippen molar-refractivity contribution in [1.82, 2.24) is 4.57 Å². The van der Waals surface area contributed by atoms with Gasteiger partial charge in [0.1, 0.15) is 0 Å². The summed E-state index contributed by atoms with van der Waals surface area (Å²) in [7, 11) is 0. The zero-order valence-electron chi connectivity index (χ0n) is 35.8. The smallest absolute Gasteiger partial charge is 0.0988 e. The van der Waals surface area contributed by atoms with Crippen LogP contribution in [-0.2, 0) is 12.8 Å². The Morgan fingerprint density at radius 3 is 2.34 bits per heavy atom. The molecule has 0 N–H and O–H groups in total. The molecule has 11 rings (SSSR count). The van der Waals surface area contributed by atoms with E-state index in [1.807, 2.05) is 0 Å². The van der Waals surface area contributed by atoms with Gasteiger partial charge in [-0.15, -0.1) is 0 Å². The number of nitriles is 2. The van der Waals surface area contributed by atoms with Crippen molar-refractivity contribution in [2.24, 2.45) is 29.6 Å². The molecule has 0 fully saturated rings. The van der Waals surface area contributed by atoms with Crippen molar-refractivity contribution >= 4 is 17.8 Å². The van der Waals surface area contributed by atoms with E-state index in [1.165, 1.54) is 58.0 Å². The van der Waals surface area contributed by atoms with Gasteiger partial charge in [-0.25, -0.2) is 0 Å². The first kappa shape index (κ1) is 38.3. The predicted molar refractivity (Wildman–Crippen MR) is 249 cm³/mol. The minimum atomic E-state index is -0.110. The number of hydrogen-bond acceptors (Lipinski definition) is 3. The molecular weight excluding hydrogens is 741 g/mol. The average molecular weight is 799 g/mol. The summed E-state index contributed by atoms with van der Waals surface area (Å²) in [6.07, 6.45) is 54.6. The molecule has 0 bridgehead atoms. The van der Waals surface area contributed by atoms with Gasteiger partial charge in [0.15, 0.2) is 0 Å². The summed E-state index contributed by atoms with van der Waals surface area (Å²) in [6.45, 7) is 2.51. The molecule has 1 aromatic heterocycles. The lowest BCUT2D eigenvalue weighted by Crippen LogP contribution is -2.46. The predicted octanol–water partition coefficient (Wildman–Crippen LogP) is 13.7. The molecule has 61 heavy (non-hydrogen) atoms. The van der Waals surface area contributed by atoms with Gasteiger partial charge < -0.3 is 9.47 Å².